The molecule has 8 heteroatoms. The van der Waals surface area contributed by atoms with Crippen LogP contribution in [0.4, 0.5) is 0 Å². The van der Waals surface area contributed by atoms with Crippen molar-refractivity contribution in [1.82, 2.24) is 8.87 Å². The lowest BCUT2D eigenvalue weighted by Crippen LogP contribution is -2.35. The van der Waals surface area contributed by atoms with Crippen LogP contribution >= 0.6 is 11.3 Å². The van der Waals surface area contributed by atoms with Crippen LogP contribution in [0.3, 0.4) is 0 Å². The Kier molecular flexibility index (Phi) is 5.75. The lowest BCUT2D eigenvalue weighted by atomic mass is 10.0. The molecule has 3 aromatic carbocycles. The first-order chi connectivity index (χ1) is 16.2. The van der Waals surface area contributed by atoms with Crippen LogP contribution in [-0.2, 0) is 30.0 Å². The summed E-state index contributed by atoms with van der Waals surface area (Å²) in [5.74, 6) is -0.396. The number of rotatable bonds is 3. The topological polar surface area (TPSA) is 71.7 Å². The number of aromatic nitrogens is 1. The minimum atomic E-state index is -3.65. The van der Waals surface area contributed by atoms with Gasteiger partial charge in [0, 0.05) is 25.7 Å². The number of aryl methyl sites for hydroxylation is 3. The van der Waals surface area contributed by atoms with Gasteiger partial charge in [-0.05, 0) is 72.9 Å². The Morgan fingerprint density at radius 2 is 1.71 bits per heavy atom. The van der Waals surface area contributed by atoms with Crippen molar-refractivity contribution in [2.75, 3.05) is 6.54 Å². The highest BCUT2D eigenvalue weighted by molar-refractivity contribution is 7.89. The van der Waals surface area contributed by atoms with Gasteiger partial charge in [-0.15, -0.1) is 0 Å². The van der Waals surface area contributed by atoms with Crippen molar-refractivity contribution in [2.24, 2.45) is 12.0 Å². The Balaban J connectivity index is 1.41. The van der Waals surface area contributed by atoms with E-state index in [-0.39, 0.29) is 4.90 Å². The third kappa shape index (κ3) is 4.02. The summed E-state index contributed by atoms with van der Waals surface area (Å²) >= 11 is 1.48. The molecule has 0 aliphatic carbocycles. The molecule has 0 atom stereocenters. The smallest absolute Gasteiger partial charge is 0.279 e. The number of carbonyl (C=O) groups excluding carboxylic acids is 1. The third-order valence-corrected chi connectivity index (χ3v) is 9.42. The number of hydrogen-bond donors (Lipinski definition) is 0. The van der Waals surface area contributed by atoms with Crippen LogP contribution in [0.15, 0.2) is 70.6 Å². The highest BCUT2D eigenvalue weighted by Gasteiger charge is 2.28. The summed E-state index contributed by atoms with van der Waals surface area (Å²) in [6, 6.07) is 18.2. The first kappa shape index (κ1) is 22.7. The zero-order valence-electron chi connectivity index (χ0n) is 19.3. The summed E-state index contributed by atoms with van der Waals surface area (Å²) in [6.07, 6.45) is 0.691. The average molecular weight is 492 g/mol. The van der Waals surface area contributed by atoms with E-state index in [0.29, 0.717) is 29.9 Å². The van der Waals surface area contributed by atoms with Crippen LogP contribution in [0.5, 0.6) is 0 Å². The molecule has 1 aliphatic rings. The number of fused-ring (bicyclic) bond motifs is 2. The van der Waals surface area contributed by atoms with Gasteiger partial charge >= 0.3 is 0 Å². The zero-order valence-corrected chi connectivity index (χ0v) is 20.9. The maximum absolute atomic E-state index is 13.2. The van der Waals surface area contributed by atoms with Gasteiger partial charge in [0.1, 0.15) is 0 Å². The minimum Gasteiger partial charge on any atom is -0.319 e. The fraction of sp³-hybridized carbons (Fsp3) is 0.231. The maximum atomic E-state index is 13.2. The molecule has 2 heterocycles. The van der Waals surface area contributed by atoms with Gasteiger partial charge in [-0.2, -0.15) is 9.30 Å². The molecular formula is C26H25N3O3S2. The molecule has 0 saturated heterocycles. The Bertz CT molecular complexity index is 1600. The van der Waals surface area contributed by atoms with Gasteiger partial charge in [0.15, 0.2) is 4.80 Å². The molecule has 34 heavy (non-hydrogen) atoms. The van der Waals surface area contributed by atoms with Crippen molar-refractivity contribution >= 4 is 37.5 Å². The molecule has 0 N–H and O–H groups in total. The molecule has 1 amide bonds. The molecule has 0 bridgehead atoms. The van der Waals surface area contributed by atoms with E-state index in [2.05, 4.69) is 24.0 Å². The molecule has 1 aromatic heterocycles. The summed E-state index contributed by atoms with van der Waals surface area (Å²) in [7, 11) is -1.75. The minimum absolute atomic E-state index is 0.182. The van der Waals surface area contributed by atoms with Gasteiger partial charge in [-0.1, -0.05) is 41.7 Å². The van der Waals surface area contributed by atoms with E-state index in [1.807, 2.05) is 42.8 Å². The monoisotopic (exact) mass is 491 g/mol. The second-order valence-electron chi connectivity index (χ2n) is 8.67. The molecular weight excluding hydrogens is 466 g/mol. The second kappa shape index (κ2) is 8.61. The van der Waals surface area contributed by atoms with E-state index in [0.717, 1.165) is 26.9 Å². The van der Waals surface area contributed by atoms with Crippen molar-refractivity contribution in [3.05, 3.63) is 93.3 Å². The first-order valence-electron chi connectivity index (χ1n) is 11.1. The molecule has 0 radical (unpaired) electrons. The van der Waals surface area contributed by atoms with Crippen molar-refractivity contribution in [3.63, 3.8) is 0 Å². The Hall–Kier alpha value is -3.07. The van der Waals surface area contributed by atoms with E-state index in [1.54, 1.807) is 12.1 Å². The summed E-state index contributed by atoms with van der Waals surface area (Å²) in [5.41, 5.74) is 5.93. The Labute approximate surface area is 202 Å². The molecule has 174 valence electrons. The Morgan fingerprint density at radius 3 is 2.44 bits per heavy atom. The van der Waals surface area contributed by atoms with Crippen LogP contribution in [0, 0.1) is 13.8 Å². The van der Waals surface area contributed by atoms with Crippen molar-refractivity contribution in [2.45, 2.75) is 31.7 Å². The highest BCUT2D eigenvalue weighted by Crippen LogP contribution is 2.26. The van der Waals surface area contributed by atoms with Gasteiger partial charge in [-0.3, -0.25) is 4.79 Å². The average Bonchev–Trinajstić information content (AvgIpc) is 3.14. The normalized spacial score (nSPS) is 15.0. The van der Waals surface area contributed by atoms with Gasteiger partial charge < -0.3 is 4.57 Å². The van der Waals surface area contributed by atoms with Gasteiger partial charge in [0.2, 0.25) is 10.0 Å². The summed E-state index contributed by atoms with van der Waals surface area (Å²) in [5, 5.41) is 0. The molecule has 0 fully saturated rings. The molecule has 1 aliphatic heterocycles. The Morgan fingerprint density at radius 1 is 1.00 bits per heavy atom. The van der Waals surface area contributed by atoms with Crippen molar-refractivity contribution < 1.29 is 13.2 Å². The largest absolute Gasteiger partial charge is 0.319 e. The fourth-order valence-electron chi connectivity index (χ4n) is 4.42. The number of amides is 1. The maximum Gasteiger partial charge on any atom is 0.279 e. The van der Waals surface area contributed by atoms with Crippen LogP contribution in [-0.4, -0.2) is 29.7 Å². The summed E-state index contributed by atoms with van der Waals surface area (Å²) < 4.78 is 30.9. The van der Waals surface area contributed by atoms with Crippen LogP contribution in [0.25, 0.3) is 10.2 Å². The lowest BCUT2D eigenvalue weighted by Gasteiger charge is -2.28. The van der Waals surface area contributed by atoms with E-state index in [9.17, 15) is 13.2 Å². The zero-order chi connectivity index (χ0) is 24.0. The fourth-order valence-corrected chi connectivity index (χ4v) is 6.91. The number of nitrogens with zero attached hydrogens (tertiary/aromatic N) is 3. The highest BCUT2D eigenvalue weighted by atomic mass is 32.2. The van der Waals surface area contributed by atoms with Crippen LogP contribution in [0.2, 0.25) is 0 Å². The number of carbonyl (C=O) groups is 1. The van der Waals surface area contributed by atoms with E-state index in [1.165, 1.54) is 33.3 Å². The van der Waals surface area contributed by atoms with Gasteiger partial charge in [-0.25, -0.2) is 8.42 Å². The number of hydrogen-bond acceptors (Lipinski definition) is 4. The molecule has 5 rings (SSSR count). The van der Waals surface area contributed by atoms with Crippen LogP contribution in [0.1, 0.15) is 32.6 Å². The molecule has 0 saturated carbocycles. The van der Waals surface area contributed by atoms with Crippen molar-refractivity contribution in [3.8, 4) is 0 Å². The van der Waals surface area contributed by atoms with Gasteiger partial charge in [0.05, 0.1) is 15.1 Å². The standard InChI is InChI=1S/C26H25N3O3S2/c1-17-14-18(2)24-23(15-17)28(3)26(33-24)27-25(30)20-8-10-22(11-9-20)34(31,32)29-13-12-19-6-4-5-7-21(19)16-29/h4-11,14-15H,12-13,16H2,1-3H3. The van der Waals surface area contributed by atoms with Gasteiger partial charge in [0.25, 0.3) is 5.91 Å². The SMILES string of the molecule is Cc1cc(C)c2sc(=NC(=O)c3ccc(S(=O)(=O)N4CCc5ccccc5C4)cc3)n(C)c2c1. The third-order valence-electron chi connectivity index (χ3n) is 6.27. The number of benzene rings is 3. The van der Waals surface area contributed by atoms with E-state index in [4.69, 9.17) is 0 Å². The molecule has 4 aromatic rings. The molecule has 0 unspecified atom stereocenters. The van der Waals surface area contributed by atoms with E-state index >= 15 is 0 Å². The molecule has 0 spiro atoms. The number of thiazole rings is 1. The summed E-state index contributed by atoms with van der Waals surface area (Å²) in [6.45, 7) is 4.90. The van der Waals surface area contributed by atoms with Crippen molar-refractivity contribution in [1.29, 1.82) is 0 Å². The van der Waals surface area contributed by atoms with Crippen LogP contribution < -0.4 is 4.80 Å². The predicted molar refractivity (Wildman–Crippen MR) is 134 cm³/mol. The van der Waals surface area contributed by atoms with E-state index < -0.39 is 15.9 Å². The molecule has 6 nitrogen and oxygen atoms in total. The predicted octanol–water partition coefficient (Wildman–Crippen LogP) is 4.34. The first-order valence-corrected chi connectivity index (χ1v) is 13.3. The number of sulfonamides is 1. The lowest BCUT2D eigenvalue weighted by molar-refractivity contribution is 0.0998. The second-order valence-corrected chi connectivity index (χ2v) is 11.6. The quantitative estimate of drug-likeness (QED) is 0.428. The summed E-state index contributed by atoms with van der Waals surface area (Å²) in [4.78, 5) is 18.0.